The van der Waals surface area contributed by atoms with E-state index in [1.807, 2.05) is 50.2 Å². The molecular formula is C19H19N5O. The molecule has 0 atom stereocenters. The van der Waals surface area contributed by atoms with Crippen LogP contribution in [0.5, 0.6) is 0 Å². The van der Waals surface area contributed by atoms with E-state index in [1.165, 1.54) is 0 Å². The van der Waals surface area contributed by atoms with E-state index in [1.54, 1.807) is 18.5 Å². The summed E-state index contributed by atoms with van der Waals surface area (Å²) in [6, 6.07) is 13.3. The van der Waals surface area contributed by atoms with E-state index < -0.39 is 0 Å². The fourth-order valence-electron chi connectivity index (χ4n) is 2.37. The van der Waals surface area contributed by atoms with Gasteiger partial charge in [-0.3, -0.25) is 9.78 Å². The molecule has 0 aliphatic heterocycles. The van der Waals surface area contributed by atoms with Crippen LogP contribution in [0.3, 0.4) is 0 Å². The van der Waals surface area contributed by atoms with Crippen molar-refractivity contribution in [3.63, 3.8) is 0 Å². The van der Waals surface area contributed by atoms with E-state index in [-0.39, 0.29) is 5.91 Å². The Balaban J connectivity index is 1.73. The summed E-state index contributed by atoms with van der Waals surface area (Å²) in [6.07, 6.45) is 3.39. The highest BCUT2D eigenvalue weighted by atomic mass is 16.1. The molecule has 1 amide bonds. The highest BCUT2D eigenvalue weighted by molar-refractivity contribution is 5.92. The first kappa shape index (κ1) is 16.6. The second-order valence-corrected chi connectivity index (χ2v) is 5.75. The molecule has 126 valence electrons. The Bertz CT molecular complexity index is 880. The van der Waals surface area contributed by atoms with E-state index >= 15 is 0 Å². The molecule has 3 rings (SSSR count). The summed E-state index contributed by atoms with van der Waals surface area (Å²) in [5, 5.41) is 6.00. The number of anilines is 2. The SMILES string of the molecule is Cc1cccc(Nc2nc(C)cc(C(=O)NCc3ccncc3)n2)c1. The maximum absolute atomic E-state index is 12.4. The van der Waals surface area contributed by atoms with Crippen LogP contribution in [0, 0.1) is 13.8 Å². The van der Waals surface area contributed by atoms with E-state index in [0.29, 0.717) is 18.2 Å². The van der Waals surface area contributed by atoms with Crippen LogP contribution in [0.25, 0.3) is 0 Å². The number of hydrogen-bond acceptors (Lipinski definition) is 5. The van der Waals surface area contributed by atoms with Crippen molar-refractivity contribution in [2.75, 3.05) is 5.32 Å². The minimum atomic E-state index is -0.241. The van der Waals surface area contributed by atoms with Crippen LogP contribution in [-0.2, 0) is 6.54 Å². The molecule has 6 heteroatoms. The van der Waals surface area contributed by atoms with Crippen molar-refractivity contribution in [1.29, 1.82) is 0 Å². The number of benzene rings is 1. The summed E-state index contributed by atoms with van der Waals surface area (Å²) < 4.78 is 0. The predicted octanol–water partition coefficient (Wildman–Crippen LogP) is 3.16. The second-order valence-electron chi connectivity index (χ2n) is 5.75. The quantitative estimate of drug-likeness (QED) is 0.750. The summed E-state index contributed by atoms with van der Waals surface area (Å²) in [4.78, 5) is 25.0. The van der Waals surface area contributed by atoms with Gasteiger partial charge in [0, 0.05) is 30.3 Å². The number of aromatic nitrogens is 3. The van der Waals surface area contributed by atoms with Gasteiger partial charge in [0.15, 0.2) is 0 Å². The van der Waals surface area contributed by atoms with E-state index in [2.05, 4.69) is 25.6 Å². The lowest BCUT2D eigenvalue weighted by Crippen LogP contribution is -2.24. The molecule has 2 N–H and O–H groups in total. The fraction of sp³-hybridized carbons (Fsp3) is 0.158. The van der Waals surface area contributed by atoms with Crippen molar-refractivity contribution in [3.05, 3.63) is 77.4 Å². The lowest BCUT2D eigenvalue weighted by Gasteiger charge is -2.09. The Hall–Kier alpha value is -3.28. The van der Waals surface area contributed by atoms with Gasteiger partial charge in [0.05, 0.1) is 0 Å². The maximum atomic E-state index is 12.4. The predicted molar refractivity (Wildman–Crippen MR) is 96.6 cm³/mol. The number of aryl methyl sites for hydroxylation is 2. The first-order valence-electron chi connectivity index (χ1n) is 7.96. The third-order valence-corrected chi connectivity index (χ3v) is 3.56. The lowest BCUT2D eigenvalue weighted by molar-refractivity contribution is 0.0945. The molecule has 0 bridgehead atoms. The highest BCUT2D eigenvalue weighted by Gasteiger charge is 2.11. The Kier molecular flexibility index (Phi) is 4.99. The number of carbonyl (C=O) groups excluding carboxylic acids is 1. The largest absolute Gasteiger partial charge is 0.347 e. The Morgan fingerprint density at radius 2 is 1.84 bits per heavy atom. The van der Waals surface area contributed by atoms with E-state index in [4.69, 9.17) is 0 Å². The van der Waals surface area contributed by atoms with Crippen LogP contribution in [0.15, 0.2) is 54.9 Å². The van der Waals surface area contributed by atoms with Crippen molar-refractivity contribution >= 4 is 17.5 Å². The van der Waals surface area contributed by atoms with Gasteiger partial charge >= 0.3 is 0 Å². The van der Waals surface area contributed by atoms with E-state index in [9.17, 15) is 4.79 Å². The van der Waals surface area contributed by atoms with Gasteiger partial charge in [-0.2, -0.15) is 0 Å². The van der Waals surface area contributed by atoms with Gasteiger partial charge in [-0.15, -0.1) is 0 Å². The van der Waals surface area contributed by atoms with Crippen LogP contribution in [0.1, 0.15) is 27.3 Å². The Labute approximate surface area is 146 Å². The molecular weight excluding hydrogens is 314 g/mol. The zero-order valence-corrected chi connectivity index (χ0v) is 14.2. The molecule has 0 aliphatic rings. The molecule has 1 aromatic carbocycles. The normalized spacial score (nSPS) is 10.3. The lowest BCUT2D eigenvalue weighted by atomic mass is 10.2. The minimum Gasteiger partial charge on any atom is -0.347 e. The number of amides is 1. The topological polar surface area (TPSA) is 79.8 Å². The molecule has 25 heavy (non-hydrogen) atoms. The summed E-state index contributed by atoms with van der Waals surface area (Å²) in [5.74, 6) is 0.161. The molecule has 0 aliphatic carbocycles. The number of carbonyl (C=O) groups is 1. The zero-order valence-electron chi connectivity index (χ0n) is 14.2. The molecule has 2 heterocycles. The average molecular weight is 333 g/mol. The van der Waals surface area contributed by atoms with Gasteiger partial charge in [0.1, 0.15) is 5.69 Å². The number of pyridine rings is 1. The average Bonchev–Trinajstić information content (AvgIpc) is 2.60. The smallest absolute Gasteiger partial charge is 0.270 e. The van der Waals surface area contributed by atoms with Crippen molar-refractivity contribution in [2.45, 2.75) is 20.4 Å². The van der Waals surface area contributed by atoms with Crippen molar-refractivity contribution in [3.8, 4) is 0 Å². The van der Waals surface area contributed by atoms with Crippen molar-refractivity contribution < 1.29 is 4.79 Å². The van der Waals surface area contributed by atoms with Gasteiger partial charge in [0.2, 0.25) is 5.95 Å². The maximum Gasteiger partial charge on any atom is 0.270 e. The zero-order chi connectivity index (χ0) is 17.6. The number of rotatable bonds is 5. The summed E-state index contributed by atoms with van der Waals surface area (Å²) >= 11 is 0. The van der Waals surface area contributed by atoms with Crippen molar-refractivity contribution in [2.24, 2.45) is 0 Å². The van der Waals surface area contributed by atoms with Crippen LogP contribution in [-0.4, -0.2) is 20.9 Å². The fourth-order valence-corrected chi connectivity index (χ4v) is 2.37. The molecule has 0 unspecified atom stereocenters. The van der Waals surface area contributed by atoms with Gasteiger partial charge in [-0.25, -0.2) is 9.97 Å². The second kappa shape index (κ2) is 7.53. The number of nitrogens with one attached hydrogen (secondary N) is 2. The first-order chi connectivity index (χ1) is 12.1. The van der Waals surface area contributed by atoms with Crippen LogP contribution in [0.2, 0.25) is 0 Å². The van der Waals surface area contributed by atoms with E-state index in [0.717, 1.165) is 22.5 Å². The molecule has 0 saturated carbocycles. The molecule has 2 aromatic heterocycles. The molecule has 0 fully saturated rings. The standard InChI is InChI=1S/C19H19N5O/c1-13-4-3-5-16(10-13)23-19-22-14(2)11-17(24-19)18(25)21-12-15-6-8-20-9-7-15/h3-11H,12H2,1-2H3,(H,21,25)(H,22,23,24). The van der Waals surface area contributed by atoms with Crippen LogP contribution >= 0.6 is 0 Å². The van der Waals surface area contributed by atoms with Gasteiger partial charge in [-0.1, -0.05) is 12.1 Å². The highest BCUT2D eigenvalue weighted by Crippen LogP contribution is 2.15. The summed E-state index contributed by atoms with van der Waals surface area (Å²) in [6.45, 7) is 4.27. The Morgan fingerprint density at radius 1 is 1.04 bits per heavy atom. The third-order valence-electron chi connectivity index (χ3n) is 3.56. The van der Waals surface area contributed by atoms with Crippen LogP contribution < -0.4 is 10.6 Å². The molecule has 0 spiro atoms. The molecule has 0 radical (unpaired) electrons. The third kappa shape index (κ3) is 4.60. The minimum absolute atomic E-state index is 0.241. The van der Waals surface area contributed by atoms with Gasteiger partial charge in [-0.05, 0) is 55.3 Å². The van der Waals surface area contributed by atoms with Crippen LogP contribution in [0.4, 0.5) is 11.6 Å². The Morgan fingerprint density at radius 3 is 2.60 bits per heavy atom. The summed E-state index contributed by atoms with van der Waals surface area (Å²) in [5.41, 5.74) is 4.05. The molecule has 6 nitrogen and oxygen atoms in total. The number of nitrogens with zero attached hydrogens (tertiary/aromatic N) is 3. The van der Waals surface area contributed by atoms with Crippen molar-refractivity contribution in [1.82, 2.24) is 20.3 Å². The molecule has 0 saturated heterocycles. The first-order valence-corrected chi connectivity index (χ1v) is 7.96. The van der Waals surface area contributed by atoms with Gasteiger partial charge < -0.3 is 10.6 Å². The number of hydrogen-bond donors (Lipinski definition) is 2. The monoisotopic (exact) mass is 333 g/mol. The van der Waals surface area contributed by atoms with Gasteiger partial charge in [0.25, 0.3) is 5.91 Å². The summed E-state index contributed by atoms with van der Waals surface area (Å²) in [7, 11) is 0. The molecule has 3 aromatic rings.